The Morgan fingerprint density at radius 2 is 2.11 bits per heavy atom. The van der Waals surface area contributed by atoms with Gasteiger partial charge in [-0.1, -0.05) is 37.6 Å². The maximum absolute atomic E-state index is 11.7. The molecule has 0 bridgehead atoms. The minimum atomic E-state index is -0.948. The van der Waals surface area contributed by atoms with E-state index < -0.39 is 11.9 Å². The zero-order valence-electron chi connectivity index (χ0n) is 16.2. The van der Waals surface area contributed by atoms with Crippen molar-refractivity contribution in [1.29, 1.82) is 0 Å². The number of carboxylic acids is 1. The molecule has 2 rings (SSSR count). The van der Waals surface area contributed by atoms with Crippen LogP contribution in [0, 0.1) is 5.92 Å². The van der Waals surface area contributed by atoms with E-state index in [1.807, 2.05) is 36.1 Å². The van der Waals surface area contributed by atoms with Gasteiger partial charge < -0.3 is 21.3 Å². The Morgan fingerprint density at radius 1 is 1.39 bits per heavy atom. The molecule has 1 aromatic rings. The lowest BCUT2D eigenvalue weighted by Crippen LogP contribution is -2.36. The molecular formula is C20H29N5O3. The highest BCUT2D eigenvalue weighted by molar-refractivity contribution is 6.05. The van der Waals surface area contributed by atoms with Gasteiger partial charge in [-0.05, 0) is 36.5 Å². The number of aliphatic carboxylic acids is 1. The molecule has 0 aromatic heterocycles. The number of hydrazine groups is 1. The Labute approximate surface area is 165 Å². The van der Waals surface area contributed by atoms with Crippen molar-refractivity contribution < 1.29 is 14.7 Å². The molecule has 1 fully saturated rings. The van der Waals surface area contributed by atoms with E-state index in [0.29, 0.717) is 24.8 Å². The zero-order chi connectivity index (χ0) is 20.5. The average Bonchev–Trinajstić information content (AvgIpc) is 3.10. The summed E-state index contributed by atoms with van der Waals surface area (Å²) in [5, 5.41) is 13.2. The number of nitrogens with one attached hydrogen (secondary N) is 1. The van der Waals surface area contributed by atoms with Crippen LogP contribution >= 0.6 is 0 Å². The number of benzene rings is 1. The van der Waals surface area contributed by atoms with Gasteiger partial charge >= 0.3 is 5.97 Å². The summed E-state index contributed by atoms with van der Waals surface area (Å²) in [7, 11) is 0. The van der Waals surface area contributed by atoms with Gasteiger partial charge in [-0.25, -0.2) is 5.84 Å². The third-order valence-corrected chi connectivity index (χ3v) is 4.93. The molecule has 6 N–H and O–H groups in total. The van der Waals surface area contributed by atoms with Crippen LogP contribution in [0.1, 0.15) is 43.7 Å². The molecule has 0 saturated carbocycles. The molecule has 1 saturated heterocycles. The number of hydrazone groups is 1. The Morgan fingerprint density at radius 3 is 2.61 bits per heavy atom. The molecule has 1 atom stereocenters. The summed E-state index contributed by atoms with van der Waals surface area (Å²) in [5.41, 5.74) is 4.77. The lowest BCUT2D eigenvalue weighted by Gasteiger charge is -2.17. The van der Waals surface area contributed by atoms with Gasteiger partial charge in [0.1, 0.15) is 0 Å². The van der Waals surface area contributed by atoms with Gasteiger partial charge in [0, 0.05) is 25.1 Å². The minimum absolute atomic E-state index is 0.150. The van der Waals surface area contributed by atoms with Crippen LogP contribution in [-0.4, -0.2) is 40.8 Å². The molecule has 1 unspecified atom stereocenters. The van der Waals surface area contributed by atoms with Crippen LogP contribution in [0.15, 0.2) is 34.9 Å². The van der Waals surface area contributed by atoms with Crippen molar-refractivity contribution in [3.05, 3.63) is 41.0 Å². The molecule has 0 radical (unpaired) electrons. The molecule has 1 heterocycles. The number of carboxylic acid groups (broad SMARTS) is 1. The Balaban J connectivity index is 2.18. The Kier molecular flexibility index (Phi) is 8.01. The maximum atomic E-state index is 11.7. The van der Waals surface area contributed by atoms with Crippen LogP contribution in [0.3, 0.4) is 0 Å². The van der Waals surface area contributed by atoms with E-state index in [1.54, 1.807) is 6.08 Å². The van der Waals surface area contributed by atoms with Crippen LogP contribution < -0.4 is 17.1 Å². The van der Waals surface area contributed by atoms with E-state index in [4.69, 9.17) is 11.7 Å². The largest absolute Gasteiger partial charge is 0.481 e. The summed E-state index contributed by atoms with van der Waals surface area (Å²) >= 11 is 0. The van der Waals surface area contributed by atoms with E-state index in [9.17, 15) is 14.7 Å². The quantitative estimate of drug-likeness (QED) is 0.219. The predicted molar refractivity (Wildman–Crippen MR) is 109 cm³/mol. The molecule has 152 valence electrons. The summed E-state index contributed by atoms with van der Waals surface area (Å²) in [5.74, 6) is 9.53. The number of amides is 1. The molecule has 1 aliphatic heterocycles. The number of carbonyl (C=O) groups excluding carboxylic acids is 1. The van der Waals surface area contributed by atoms with Crippen molar-refractivity contribution in [3.63, 3.8) is 0 Å². The van der Waals surface area contributed by atoms with E-state index in [1.165, 1.54) is 0 Å². The number of nitrogens with zero attached hydrogens (tertiary/aromatic N) is 2. The van der Waals surface area contributed by atoms with Crippen molar-refractivity contribution in [2.75, 3.05) is 13.1 Å². The monoisotopic (exact) mass is 387 g/mol. The number of carbonyl (C=O) groups is 2. The average molecular weight is 387 g/mol. The first-order valence-electron chi connectivity index (χ1n) is 9.56. The Hall–Kier alpha value is -2.87. The second-order valence-electron chi connectivity index (χ2n) is 6.88. The third-order valence-electron chi connectivity index (χ3n) is 4.93. The van der Waals surface area contributed by atoms with Gasteiger partial charge in [0.15, 0.2) is 5.84 Å². The molecule has 0 aliphatic carbocycles. The summed E-state index contributed by atoms with van der Waals surface area (Å²) in [6.07, 6.45) is 5.27. The normalized spacial score (nSPS) is 16.4. The minimum Gasteiger partial charge on any atom is -0.481 e. The first kappa shape index (κ1) is 21.4. The second kappa shape index (κ2) is 10.5. The molecule has 1 amide bonds. The maximum Gasteiger partial charge on any atom is 0.311 e. The third kappa shape index (κ3) is 5.56. The SMILES string of the molecule is CCCC(C(=O)O)C(=C/c1ccc(CCN2CCCC2=O)cc1)/C(=N\N)NN. The predicted octanol–water partition coefficient (Wildman–Crippen LogP) is 1.47. The number of hydrogen-bond acceptors (Lipinski definition) is 5. The molecule has 28 heavy (non-hydrogen) atoms. The van der Waals surface area contributed by atoms with Crippen LogP contribution in [-0.2, 0) is 16.0 Å². The molecule has 1 aromatic carbocycles. The number of hydrogen-bond donors (Lipinski definition) is 4. The van der Waals surface area contributed by atoms with E-state index in [-0.39, 0.29) is 11.7 Å². The van der Waals surface area contributed by atoms with Gasteiger partial charge in [0.25, 0.3) is 0 Å². The van der Waals surface area contributed by atoms with Crippen LogP contribution in [0.4, 0.5) is 0 Å². The molecule has 0 spiro atoms. The fourth-order valence-electron chi connectivity index (χ4n) is 3.39. The van der Waals surface area contributed by atoms with Crippen molar-refractivity contribution in [2.45, 2.75) is 39.0 Å². The Bertz CT molecular complexity index is 743. The van der Waals surface area contributed by atoms with Crippen molar-refractivity contribution in [2.24, 2.45) is 22.7 Å². The van der Waals surface area contributed by atoms with Gasteiger partial charge in [-0.3, -0.25) is 9.59 Å². The lowest BCUT2D eigenvalue weighted by molar-refractivity contribution is -0.140. The fourth-order valence-corrected chi connectivity index (χ4v) is 3.39. The van der Waals surface area contributed by atoms with E-state index >= 15 is 0 Å². The highest BCUT2D eigenvalue weighted by Crippen LogP contribution is 2.22. The van der Waals surface area contributed by atoms with Crippen LogP contribution in [0.2, 0.25) is 0 Å². The number of rotatable bonds is 9. The van der Waals surface area contributed by atoms with Crippen LogP contribution in [0.5, 0.6) is 0 Å². The summed E-state index contributed by atoms with van der Waals surface area (Å²) in [4.78, 5) is 25.3. The summed E-state index contributed by atoms with van der Waals surface area (Å²) in [6, 6.07) is 7.79. The first-order valence-corrected chi connectivity index (χ1v) is 9.56. The smallest absolute Gasteiger partial charge is 0.311 e. The molecule has 8 nitrogen and oxygen atoms in total. The lowest BCUT2D eigenvalue weighted by atomic mass is 9.91. The van der Waals surface area contributed by atoms with Crippen molar-refractivity contribution in [3.8, 4) is 0 Å². The summed E-state index contributed by atoms with van der Waals surface area (Å²) < 4.78 is 0. The molecular weight excluding hydrogens is 358 g/mol. The number of likely N-dealkylation sites (tertiary alicyclic amines) is 1. The van der Waals surface area contributed by atoms with E-state index in [0.717, 1.165) is 37.1 Å². The van der Waals surface area contributed by atoms with Gasteiger partial charge in [0.05, 0.1) is 5.92 Å². The molecule has 8 heteroatoms. The topological polar surface area (TPSA) is 134 Å². The van der Waals surface area contributed by atoms with Crippen molar-refractivity contribution >= 4 is 23.8 Å². The van der Waals surface area contributed by atoms with E-state index in [2.05, 4.69) is 10.5 Å². The number of amidine groups is 1. The summed E-state index contributed by atoms with van der Waals surface area (Å²) in [6.45, 7) is 3.48. The van der Waals surface area contributed by atoms with Gasteiger partial charge in [0.2, 0.25) is 5.91 Å². The van der Waals surface area contributed by atoms with Gasteiger partial charge in [-0.15, -0.1) is 0 Å². The molecule has 1 aliphatic rings. The standard InChI is InChI=1S/C20H29N5O3/c1-2-4-16(20(27)28)17(19(23-21)24-22)13-15-8-6-14(7-9-15)10-12-25-11-3-5-18(25)26/h6-9,13,16H,2-5,10-12,21-22H2,1H3,(H,23,24)(H,27,28)/b17-13-. The number of nitrogens with two attached hydrogens (primary N) is 2. The second-order valence-corrected chi connectivity index (χ2v) is 6.88. The fraction of sp³-hybridized carbons (Fsp3) is 0.450. The highest BCUT2D eigenvalue weighted by atomic mass is 16.4. The van der Waals surface area contributed by atoms with Crippen LogP contribution in [0.25, 0.3) is 6.08 Å². The zero-order valence-corrected chi connectivity index (χ0v) is 16.2. The van der Waals surface area contributed by atoms with Gasteiger partial charge in [-0.2, -0.15) is 5.10 Å². The van der Waals surface area contributed by atoms with Crippen molar-refractivity contribution in [1.82, 2.24) is 10.3 Å². The first-order chi connectivity index (χ1) is 13.5. The highest BCUT2D eigenvalue weighted by Gasteiger charge is 2.25.